The van der Waals surface area contributed by atoms with Crippen LogP contribution in [0.4, 0.5) is 4.39 Å². The van der Waals surface area contributed by atoms with Gasteiger partial charge in [0.05, 0.1) is 16.1 Å². The van der Waals surface area contributed by atoms with Crippen LogP contribution in [0.3, 0.4) is 0 Å². The minimum Gasteiger partial charge on any atom is -0.271 e. The highest BCUT2D eigenvalue weighted by Crippen LogP contribution is 2.28. The third-order valence-corrected chi connectivity index (χ3v) is 3.95. The van der Waals surface area contributed by atoms with Gasteiger partial charge in [-0.25, -0.2) is 4.39 Å². The van der Waals surface area contributed by atoms with Gasteiger partial charge in [-0.15, -0.1) is 0 Å². The van der Waals surface area contributed by atoms with Crippen LogP contribution >= 0.6 is 34.8 Å². The lowest BCUT2D eigenvalue weighted by molar-refractivity contribution is 0.529. The Labute approximate surface area is 131 Å². The minimum atomic E-state index is -0.324. The van der Waals surface area contributed by atoms with Gasteiger partial charge in [-0.05, 0) is 47.9 Å². The highest BCUT2D eigenvalue weighted by molar-refractivity contribution is 6.42. The molecule has 0 saturated carbocycles. The van der Waals surface area contributed by atoms with Crippen LogP contribution in [0.25, 0.3) is 0 Å². The van der Waals surface area contributed by atoms with Crippen molar-refractivity contribution in [3.63, 3.8) is 0 Å². The fourth-order valence-electron chi connectivity index (χ4n) is 1.92. The fraction of sp³-hybridized carbons (Fsp3) is 0.143. The minimum absolute atomic E-state index is 0.294. The molecule has 6 heteroatoms. The average molecular weight is 334 g/mol. The van der Waals surface area contributed by atoms with E-state index in [-0.39, 0.29) is 11.9 Å². The summed E-state index contributed by atoms with van der Waals surface area (Å²) < 4.78 is 13.8. The predicted molar refractivity (Wildman–Crippen MR) is 81.6 cm³/mol. The molecule has 2 aromatic carbocycles. The molecule has 2 nitrogen and oxygen atoms in total. The lowest BCUT2D eigenvalue weighted by Crippen LogP contribution is -2.29. The van der Waals surface area contributed by atoms with Crippen LogP contribution in [0, 0.1) is 5.82 Å². The molecule has 1 atom stereocenters. The second kappa shape index (κ2) is 6.74. The molecule has 0 amide bonds. The largest absolute Gasteiger partial charge is 0.271 e. The van der Waals surface area contributed by atoms with Gasteiger partial charge in [0.2, 0.25) is 0 Å². The van der Waals surface area contributed by atoms with Crippen molar-refractivity contribution in [2.75, 3.05) is 0 Å². The van der Waals surface area contributed by atoms with Crippen molar-refractivity contribution in [2.24, 2.45) is 5.84 Å². The summed E-state index contributed by atoms with van der Waals surface area (Å²) >= 11 is 17.7. The van der Waals surface area contributed by atoms with E-state index in [1.54, 1.807) is 24.3 Å². The highest BCUT2D eigenvalue weighted by Gasteiger charge is 2.15. The molecule has 0 aliphatic rings. The maximum Gasteiger partial charge on any atom is 0.126 e. The van der Waals surface area contributed by atoms with Gasteiger partial charge in [0.1, 0.15) is 5.82 Å². The van der Waals surface area contributed by atoms with Crippen LogP contribution in [0.1, 0.15) is 17.2 Å². The number of hydrazine groups is 1. The molecule has 20 heavy (non-hydrogen) atoms. The second-order valence-corrected chi connectivity index (χ2v) is 5.58. The topological polar surface area (TPSA) is 38.0 Å². The standard InChI is InChI=1S/C14H12Cl3FN2/c15-10-2-4-13(18)9(5-10)7-14(20-19)8-1-3-11(16)12(17)6-8/h1-6,14,20H,7,19H2. The van der Waals surface area contributed by atoms with E-state index in [2.05, 4.69) is 5.43 Å². The molecule has 0 aliphatic carbocycles. The summed E-state index contributed by atoms with van der Waals surface area (Å²) in [6.45, 7) is 0. The highest BCUT2D eigenvalue weighted by atomic mass is 35.5. The normalized spacial score (nSPS) is 12.4. The molecule has 0 bridgehead atoms. The number of rotatable bonds is 4. The SMILES string of the molecule is NNC(Cc1cc(Cl)ccc1F)c1ccc(Cl)c(Cl)c1. The van der Waals surface area contributed by atoms with Gasteiger partial charge in [0.15, 0.2) is 0 Å². The predicted octanol–water partition coefficient (Wildman–Crippen LogP) is 4.53. The summed E-state index contributed by atoms with van der Waals surface area (Å²) in [6.07, 6.45) is 0.348. The molecular weight excluding hydrogens is 322 g/mol. The third-order valence-electron chi connectivity index (χ3n) is 2.98. The molecule has 0 aromatic heterocycles. The number of nitrogens with two attached hydrogens (primary N) is 1. The monoisotopic (exact) mass is 332 g/mol. The van der Waals surface area contributed by atoms with E-state index < -0.39 is 0 Å². The van der Waals surface area contributed by atoms with Gasteiger partial charge in [0.25, 0.3) is 0 Å². The molecule has 0 saturated heterocycles. The van der Waals surface area contributed by atoms with Gasteiger partial charge in [-0.3, -0.25) is 11.3 Å². The first-order chi connectivity index (χ1) is 9.51. The molecule has 0 spiro atoms. The first-order valence-corrected chi connectivity index (χ1v) is 6.99. The summed E-state index contributed by atoms with van der Waals surface area (Å²) in [4.78, 5) is 0. The fourth-order valence-corrected chi connectivity index (χ4v) is 2.42. The van der Waals surface area contributed by atoms with Crippen molar-refractivity contribution < 1.29 is 4.39 Å². The number of hydrogen-bond acceptors (Lipinski definition) is 2. The van der Waals surface area contributed by atoms with E-state index in [1.165, 1.54) is 12.1 Å². The lowest BCUT2D eigenvalue weighted by Gasteiger charge is -2.17. The van der Waals surface area contributed by atoms with Gasteiger partial charge in [-0.1, -0.05) is 40.9 Å². The Morgan fingerprint density at radius 1 is 1.05 bits per heavy atom. The summed E-state index contributed by atoms with van der Waals surface area (Å²) in [5, 5.41) is 1.36. The molecule has 2 aromatic rings. The zero-order valence-electron chi connectivity index (χ0n) is 10.3. The third kappa shape index (κ3) is 3.62. The summed E-state index contributed by atoms with van der Waals surface area (Å²) in [6, 6.07) is 9.30. The Kier molecular flexibility index (Phi) is 5.24. The first kappa shape index (κ1) is 15.5. The smallest absolute Gasteiger partial charge is 0.126 e. The van der Waals surface area contributed by atoms with Crippen LogP contribution < -0.4 is 11.3 Å². The number of halogens is 4. The first-order valence-electron chi connectivity index (χ1n) is 5.86. The number of benzene rings is 2. The molecule has 1 unspecified atom stereocenters. The van der Waals surface area contributed by atoms with Crippen molar-refractivity contribution in [3.8, 4) is 0 Å². The Morgan fingerprint density at radius 2 is 1.80 bits per heavy atom. The Hall–Kier alpha value is -0.840. The molecule has 0 aliphatic heterocycles. The van der Waals surface area contributed by atoms with Gasteiger partial charge in [0, 0.05) is 5.02 Å². The van der Waals surface area contributed by atoms with Crippen LogP contribution in [-0.2, 0) is 6.42 Å². The van der Waals surface area contributed by atoms with Crippen molar-refractivity contribution in [3.05, 3.63) is 68.4 Å². The van der Waals surface area contributed by atoms with E-state index >= 15 is 0 Å². The van der Waals surface area contributed by atoms with Gasteiger partial charge >= 0.3 is 0 Å². The summed E-state index contributed by atoms with van der Waals surface area (Å²) in [7, 11) is 0. The zero-order chi connectivity index (χ0) is 14.7. The molecule has 2 rings (SSSR count). The van der Waals surface area contributed by atoms with Crippen molar-refractivity contribution >= 4 is 34.8 Å². The number of nitrogens with one attached hydrogen (secondary N) is 1. The molecule has 0 heterocycles. The molecular formula is C14H12Cl3FN2. The lowest BCUT2D eigenvalue weighted by atomic mass is 9.99. The second-order valence-electron chi connectivity index (χ2n) is 4.33. The quantitative estimate of drug-likeness (QED) is 0.637. The molecule has 0 radical (unpaired) electrons. The molecule has 106 valence electrons. The molecule has 3 N–H and O–H groups in total. The maximum atomic E-state index is 13.8. The maximum absolute atomic E-state index is 13.8. The van der Waals surface area contributed by atoms with Crippen LogP contribution in [0.2, 0.25) is 15.1 Å². The van der Waals surface area contributed by atoms with Gasteiger partial charge < -0.3 is 0 Å². The molecule has 0 fully saturated rings. The number of hydrogen-bond donors (Lipinski definition) is 2. The van der Waals surface area contributed by atoms with Gasteiger partial charge in [-0.2, -0.15) is 0 Å². The van der Waals surface area contributed by atoms with E-state index in [0.29, 0.717) is 27.1 Å². The summed E-state index contributed by atoms with van der Waals surface area (Å²) in [5.41, 5.74) is 3.95. The van der Waals surface area contributed by atoms with E-state index in [0.717, 1.165) is 5.56 Å². The van der Waals surface area contributed by atoms with Crippen LogP contribution in [0.5, 0.6) is 0 Å². The Balaban J connectivity index is 2.28. The van der Waals surface area contributed by atoms with E-state index in [1.807, 2.05) is 0 Å². The zero-order valence-corrected chi connectivity index (χ0v) is 12.6. The van der Waals surface area contributed by atoms with E-state index in [4.69, 9.17) is 40.6 Å². The van der Waals surface area contributed by atoms with Crippen LogP contribution in [0.15, 0.2) is 36.4 Å². The van der Waals surface area contributed by atoms with Crippen LogP contribution in [-0.4, -0.2) is 0 Å². The van der Waals surface area contributed by atoms with Crippen molar-refractivity contribution in [1.82, 2.24) is 5.43 Å². The van der Waals surface area contributed by atoms with Crippen molar-refractivity contribution in [1.29, 1.82) is 0 Å². The summed E-state index contributed by atoms with van der Waals surface area (Å²) in [5.74, 6) is 5.22. The van der Waals surface area contributed by atoms with Crippen molar-refractivity contribution in [2.45, 2.75) is 12.5 Å². The Bertz CT molecular complexity index is 619. The van der Waals surface area contributed by atoms with E-state index in [9.17, 15) is 4.39 Å². The average Bonchev–Trinajstić information content (AvgIpc) is 2.43. The Morgan fingerprint density at radius 3 is 2.45 bits per heavy atom.